The molecule has 0 bridgehead atoms. The van der Waals surface area contributed by atoms with Gasteiger partial charge in [0.2, 0.25) is 0 Å². The SMILES string of the molecule is [2H]c1c([2H])c(N(c2c([2H])c([2H])c(-c3ccc4ccccc4c3-c3ccccc3)c([2H])c2[2H])c2c([2H])c([2H])c(-c3cc4ccccc4c4ccccc34)c([2H])c2[2H])c([2H])c([2H])c1-c1ccc(-c2ccccc2)c(-c2ccccc2)c1. The van der Waals surface area contributed by atoms with E-state index in [1.165, 1.54) is 0 Å². The topological polar surface area (TPSA) is 3.24 Å². The maximum atomic E-state index is 9.94. The maximum absolute atomic E-state index is 9.94. The summed E-state index contributed by atoms with van der Waals surface area (Å²) >= 11 is 0. The zero-order chi connectivity index (χ0) is 55.0. The summed E-state index contributed by atoms with van der Waals surface area (Å²) in [5.74, 6) is 0. The Morgan fingerprint density at radius 2 is 0.687 bits per heavy atom. The van der Waals surface area contributed by atoms with Gasteiger partial charge >= 0.3 is 0 Å². The fourth-order valence-corrected chi connectivity index (χ4v) is 9.08. The Kier molecular flexibility index (Phi) is 7.46. The molecule has 0 aliphatic carbocycles. The molecule has 0 saturated carbocycles. The quantitative estimate of drug-likeness (QED) is 0.131. The summed E-state index contributed by atoms with van der Waals surface area (Å²) in [5, 5.41) is 4.86. The van der Waals surface area contributed by atoms with Crippen molar-refractivity contribution in [3.63, 3.8) is 0 Å². The van der Waals surface area contributed by atoms with Crippen molar-refractivity contribution in [1.82, 2.24) is 0 Å². The van der Waals surface area contributed by atoms with Crippen molar-refractivity contribution in [2.75, 3.05) is 4.90 Å². The minimum Gasteiger partial charge on any atom is -0.311 e. The third kappa shape index (κ3) is 7.53. The van der Waals surface area contributed by atoms with E-state index < -0.39 is 89.6 Å². The fourth-order valence-electron chi connectivity index (χ4n) is 9.08. The van der Waals surface area contributed by atoms with Crippen LogP contribution in [0.5, 0.6) is 0 Å². The lowest BCUT2D eigenvalue weighted by molar-refractivity contribution is 1.28. The first-order valence-corrected chi connectivity index (χ1v) is 22.1. The van der Waals surface area contributed by atoms with Crippen molar-refractivity contribution in [1.29, 1.82) is 0 Å². The molecule has 0 spiro atoms. The van der Waals surface area contributed by atoms with Crippen molar-refractivity contribution >= 4 is 49.4 Å². The van der Waals surface area contributed by atoms with Gasteiger partial charge in [-0.05, 0) is 147 Å². The van der Waals surface area contributed by atoms with Crippen LogP contribution in [0.3, 0.4) is 0 Å². The van der Waals surface area contributed by atoms with Crippen LogP contribution in [0.4, 0.5) is 17.1 Å². The summed E-state index contributed by atoms with van der Waals surface area (Å²) < 4.78 is 118. The molecule has 0 aliphatic heterocycles. The predicted octanol–water partition coefficient (Wildman–Crippen LogP) is 18.6. The first-order chi connectivity index (χ1) is 38.3. The van der Waals surface area contributed by atoms with Crippen LogP contribution in [0.15, 0.2) is 273 Å². The summed E-state index contributed by atoms with van der Waals surface area (Å²) in [6, 6.07) is 55.1. The molecule has 0 heterocycles. The van der Waals surface area contributed by atoms with Crippen molar-refractivity contribution < 1.29 is 16.4 Å². The van der Waals surface area contributed by atoms with Crippen LogP contribution in [0.2, 0.25) is 0 Å². The molecule has 0 N–H and O–H groups in total. The van der Waals surface area contributed by atoms with Crippen LogP contribution in [-0.4, -0.2) is 0 Å². The Hall–Kier alpha value is -8.78. The summed E-state index contributed by atoms with van der Waals surface area (Å²) in [4.78, 5) is 0.879. The molecule has 1 nitrogen and oxygen atoms in total. The van der Waals surface area contributed by atoms with Crippen molar-refractivity contribution in [2.24, 2.45) is 0 Å². The van der Waals surface area contributed by atoms with Crippen molar-refractivity contribution in [3.05, 3.63) is 273 Å². The minimum atomic E-state index is -0.687. The molecule has 314 valence electrons. The summed E-state index contributed by atoms with van der Waals surface area (Å²) in [5.41, 5.74) is 3.96. The Balaban J connectivity index is 1.14. The van der Waals surface area contributed by atoms with Gasteiger partial charge in [0.1, 0.15) is 0 Å². The number of hydrogen-bond donors (Lipinski definition) is 0. The average Bonchev–Trinajstić information content (AvgIpc) is 3.50. The van der Waals surface area contributed by atoms with Gasteiger partial charge in [-0.25, -0.2) is 0 Å². The second-order valence-corrected chi connectivity index (χ2v) is 16.3. The molecule has 0 fully saturated rings. The molecule has 0 unspecified atom stereocenters. The lowest BCUT2D eigenvalue weighted by Gasteiger charge is -2.26. The molecule has 12 rings (SSSR count). The summed E-state index contributed by atoms with van der Waals surface area (Å²) in [6.45, 7) is 0. The lowest BCUT2D eigenvalue weighted by Crippen LogP contribution is -2.09. The van der Waals surface area contributed by atoms with Gasteiger partial charge in [-0.3, -0.25) is 0 Å². The normalized spacial score (nSPS) is 13.8. The molecule has 0 saturated heterocycles. The van der Waals surface area contributed by atoms with E-state index in [4.69, 9.17) is 0 Å². The van der Waals surface area contributed by atoms with Crippen molar-refractivity contribution in [3.8, 4) is 66.8 Å². The van der Waals surface area contributed by atoms with Crippen LogP contribution in [0.25, 0.3) is 99.1 Å². The van der Waals surface area contributed by atoms with E-state index >= 15 is 0 Å². The lowest BCUT2D eigenvalue weighted by atomic mass is 9.89. The predicted molar refractivity (Wildman–Crippen MR) is 286 cm³/mol. The molecule has 1 heteroatoms. The maximum Gasteiger partial charge on any atom is 0.0645 e. The van der Waals surface area contributed by atoms with Gasteiger partial charge in [0.25, 0.3) is 0 Å². The van der Waals surface area contributed by atoms with Gasteiger partial charge in [0, 0.05) is 17.1 Å². The Morgan fingerprint density at radius 1 is 0.239 bits per heavy atom. The van der Waals surface area contributed by atoms with Gasteiger partial charge < -0.3 is 4.90 Å². The zero-order valence-corrected chi connectivity index (χ0v) is 36.0. The van der Waals surface area contributed by atoms with E-state index in [-0.39, 0.29) is 16.7 Å². The Bertz CT molecular complexity index is 4360. The van der Waals surface area contributed by atoms with Gasteiger partial charge in [-0.15, -0.1) is 0 Å². The molecular weight excluding hydrogens is 807 g/mol. The highest BCUT2D eigenvalue weighted by Gasteiger charge is 2.18. The van der Waals surface area contributed by atoms with E-state index in [2.05, 4.69) is 0 Å². The van der Waals surface area contributed by atoms with Gasteiger partial charge in [0.15, 0.2) is 0 Å². The standard InChI is InChI=1S/C66H45N/c1-4-16-47(17-5-1)59-42-35-53(44-64(59)48-18-6-2-7-19-48)46-28-36-55(37-29-46)67(57-40-32-51(33-41-57)65-45-54-23-11-12-24-58(54)62-26-14-15-27-63(62)65)56-38-30-50(31-39-56)61-43-34-49-20-10-13-25-60(49)66(61)52-21-8-3-9-22-52/h1-45H/i28D,29D,30D,31D,32D,33D,36D,37D,38D,39D,40D,41D. The molecule has 12 aromatic carbocycles. The van der Waals surface area contributed by atoms with E-state index in [1.807, 2.05) is 188 Å². The number of fused-ring (bicyclic) bond motifs is 4. The molecule has 12 aromatic rings. The van der Waals surface area contributed by atoms with E-state index in [0.717, 1.165) is 59.6 Å². The molecular formula is C66H45N. The molecule has 0 radical (unpaired) electrons. The summed E-state index contributed by atoms with van der Waals surface area (Å²) in [7, 11) is 0. The highest BCUT2D eigenvalue weighted by atomic mass is 15.1. The Morgan fingerprint density at radius 3 is 1.30 bits per heavy atom. The third-order valence-electron chi connectivity index (χ3n) is 12.3. The number of benzene rings is 12. The smallest absolute Gasteiger partial charge is 0.0645 e. The van der Waals surface area contributed by atoms with E-state index in [1.54, 1.807) is 12.1 Å². The molecule has 67 heavy (non-hydrogen) atoms. The number of anilines is 3. The van der Waals surface area contributed by atoms with Gasteiger partial charge in [0.05, 0.1) is 16.4 Å². The van der Waals surface area contributed by atoms with Crippen LogP contribution in [-0.2, 0) is 0 Å². The highest BCUT2D eigenvalue weighted by molar-refractivity contribution is 6.14. The van der Waals surface area contributed by atoms with Crippen LogP contribution in [0, 0.1) is 0 Å². The molecule has 0 aliphatic rings. The van der Waals surface area contributed by atoms with Gasteiger partial charge in [-0.1, -0.05) is 224 Å². The number of nitrogens with zero attached hydrogens (tertiary/aromatic N) is 1. The van der Waals surface area contributed by atoms with Crippen molar-refractivity contribution in [2.45, 2.75) is 0 Å². The highest BCUT2D eigenvalue weighted by Crippen LogP contribution is 2.43. The minimum absolute atomic E-state index is 0.0524. The van der Waals surface area contributed by atoms with E-state index in [9.17, 15) is 16.4 Å². The van der Waals surface area contributed by atoms with Crippen LogP contribution >= 0.6 is 0 Å². The van der Waals surface area contributed by atoms with Crippen LogP contribution in [0.1, 0.15) is 16.4 Å². The first kappa shape index (κ1) is 28.9. The summed E-state index contributed by atoms with van der Waals surface area (Å²) in [6.07, 6.45) is 0. The monoisotopic (exact) mass is 863 g/mol. The average molecular weight is 864 g/mol. The molecule has 0 atom stereocenters. The van der Waals surface area contributed by atoms with E-state index in [0.29, 0.717) is 27.6 Å². The molecule has 0 amide bonds. The third-order valence-corrected chi connectivity index (χ3v) is 12.3. The molecule has 0 aromatic heterocycles. The largest absolute Gasteiger partial charge is 0.311 e. The number of rotatable bonds is 9. The number of hydrogen-bond acceptors (Lipinski definition) is 1. The zero-order valence-electron chi connectivity index (χ0n) is 48.0. The second-order valence-electron chi connectivity index (χ2n) is 16.3. The first-order valence-electron chi connectivity index (χ1n) is 28.1. The van der Waals surface area contributed by atoms with Crippen LogP contribution < -0.4 is 4.90 Å². The Labute approximate surface area is 409 Å². The second kappa shape index (κ2) is 17.3. The fraction of sp³-hybridized carbons (Fsp3) is 0. The van der Waals surface area contributed by atoms with Gasteiger partial charge in [-0.2, -0.15) is 0 Å².